The molecule has 0 aliphatic rings. The SMILES string of the molecule is C=C=C[C@H](O)[C@H](CCC)NC(=O)OC(C)(C)C. The molecule has 0 saturated carbocycles. The number of carbonyl (C=O) groups is 1. The van der Waals surface area contributed by atoms with Crippen molar-refractivity contribution < 1.29 is 14.6 Å². The zero-order valence-corrected chi connectivity index (χ0v) is 11.1. The number of aliphatic hydroxyl groups is 1. The molecule has 0 fully saturated rings. The summed E-state index contributed by atoms with van der Waals surface area (Å²) in [4.78, 5) is 11.6. The molecule has 0 radical (unpaired) electrons. The summed E-state index contributed by atoms with van der Waals surface area (Å²) in [7, 11) is 0. The zero-order chi connectivity index (χ0) is 13.5. The van der Waals surface area contributed by atoms with Crippen molar-refractivity contribution in [2.75, 3.05) is 0 Å². The summed E-state index contributed by atoms with van der Waals surface area (Å²) in [5.74, 6) is 0. The minimum atomic E-state index is -0.792. The van der Waals surface area contributed by atoms with Crippen molar-refractivity contribution in [3.05, 3.63) is 18.4 Å². The Hall–Kier alpha value is -1.25. The maximum Gasteiger partial charge on any atom is 0.407 e. The highest BCUT2D eigenvalue weighted by atomic mass is 16.6. The van der Waals surface area contributed by atoms with Gasteiger partial charge in [0.25, 0.3) is 0 Å². The molecule has 0 heterocycles. The Morgan fingerprint density at radius 2 is 2.18 bits per heavy atom. The number of aliphatic hydroxyl groups excluding tert-OH is 1. The van der Waals surface area contributed by atoms with E-state index in [1.54, 1.807) is 20.8 Å². The maximum atomic E-state index is 11.6. The fourth-order valence-electron chi connectivity index (χ4n) is 1.34. The van der Waals surface area contributed by atoms with Crippen LogP contribution in [0, 0.1) is 0 Å². The number of hydrogen-bond acceptors (Lipinski definition) is 3. The predicted octanol–water partition coefficient (Wildman–Crippen LogP) is 2.38. The average molecular weight is 241 g/mol. The number of rotatable bonds is 5. The summed E-state index contributed by atoms with van der Waals surface area (Å²) in [5.41, 5.74) is 1.97. The minimum Gasteiger partial charge on any atom is -0.444 e. The lowest BCUT2D eigenvalue weighted by Gasteiger charge is -2.25. The number of alkyl carbamates (subject to hydrolysis) is 1. The van der Waals surface area contributed by atoms with E-state index in [1.807, 2.05) is 6.92 Å². The van der Waals surface area contributed by atoms with Gasteiger partial charge in [0.1, 0.15) is 5.60 Å². The van der Waals surface area contributed by atoms with Gasteiger partial charge in [0, 0.05) is 0 Å². The Bertz CT molecular complexity index is 288. The number of carbonyl (C=O) groups excluding carboxylic acids is 1. The fraction of sp³-hybridized carbons (Fsp3) is 0.692. The third kappa shape index (κ3) is 7.61. The first-order chi connectivity index (χ1) is 7.80. The third-order valence-electron chi connectivity index (χ3n) is 2.00. The van der Waals surface area contributed by atoms with Gasteiger partial charge in [-0.25, -0.2) is 4.79 Å². The highest BCUT2D eigenvalue weighted by Crippen LogP contribution is 2.09. The molecule has 4 heteroatoms. The van der Waals surface area contributed by atoms with E-state index in [0.717, 1.165) is 6.42 Å². The quantitative estimate of drug-likeness (QED) is 0.726. The van der Waals surface area contributed by atoms with E-state index in [9.17, 15) is 9.90 Å². The number of nitrogens with one attached hydrogen (secondary N) is 1. The van der Waals surface area contributed by atoms with Crippen molar-refractivity contribution in [1.82, 2.24) is 5.32 Å². The van der Waals surface area contributed by atoms with E-state index in [0.29, 0.717) is 6.42 Å². The molecule has 0 aliphatic heterocycles. The molecule has 2 atom stereocenters. The van der Waals surface area contributed by atoms with Crippen molar-refractivity contribution in [3.8, 4) is 0 Å². The largest absolute Gasteiger partial charge is 0.444 e. The van der Waals surface area contributed by atoms with Gasteiger partial charge in [-0.1, -0.05) is 19.9 Å². The second kappa shape index (κ2) is 7.15. The Balaban J connectivity index is 4.44. The molecular weight excluding hydrogens is 218 g/mol. The molecular formula is C13H23NO3. The molecule has 0 aromatic carbocycles. The van der Waals surface area contributed by atoms with Crippen molar-refractivity contribution in [2.24, 2.45) is 0 Å². The monoisotopic (exact) mass is 241 g/mol. The van der Waals surface area contributed by atoms with Gasteiger partial charge in [0.2, 0.25) is 0 Å². The molecule has 0 bridgehead atoms. The number of amides is 1. The van der Waals surface area contributed by atoms with Gasteiger partial charge in [-0.3, -0.25) is 0 Å². The van der Waals surface area contributed by atoms with E-state index < -0.39 is 17.8 Å². The molecule has 2 N–H and O–H groups in total. The van der Waals surface area contributed by atoms with Crippen molar-refractivity contribution in [2.45, 2.75) is 58.3 Å². The van der Waals surface area contributed by atoms with Crippen LogP contribution in [0.2, 0.25) is 0 Å². The van der Waals surface area contributed by atoms with Crippen LogP contribution in [0.25, 0.3) is 0 Å². The fourth-order valence-corrected chi connectivity index (χ4v) is 1.34. The van der Waals surface area contributed by atoms with Crippen LogP contribution in [0.1, 0.15) is 40.5 Å². The smallest absolute Gasteiger partial charge is 0.407 e. The first-order valence-corrected chi connectivity index (χ1v) is 5.83. The van der Waals surface area contributed by atoms with Gasteiger partial charge in [0.05, 0.1) is 12.1 Å². The van der Waals surface area contributed by atoms with Crippen molar-refractivity contribution in [3.63, 3.8) is 0 Å². The minimum absolute atomic E-state index is 0.371. The van der Waals surface area contributed by atoms with Gasteiger partial charge < -0.3 is 15.2 Å². The molecule has 4 nitrogen and oxygen atoms in total. The van der Waals surface area contributed by atoms with E-state index in [2.05, 4.69) is 17.6 Å². The second-order valence-corrected chi connectivity index (χ2v) is 4.90. The van der Waals surface area contributed by atoms with E-state index in [4.69, 9.17) is 4.74 Å². The van der Waals surface area contributed by atoms with E-state index >= 15 is 0 Å². The topological polar surface area (TPSA) is 58.6 Å². The lowest BCUT2D eigenvalue weighted by atomic mass is 10.1. The number of ether oxygens (including phenoxy) is 1. The Morgan fingerprint density at radius 3 is 2.59 bits per heavy atom. The Morgan fingerprint density at radius 1 is 1.59 bits per heavy atom. The van der Waals surface area contributed by atoms with Gasteiger partial charge in [0.15, 0.2) is 0 Å². The van der Waals surface area contributed by atoms with Crippen LogP contribution in [0.5, 0.6) is 0 Å². The van der Waals surface area contributed by atoms with Crippen LogP contribution >= 0.6 is 0 Å². The Kier molecular flexibility index (Phi) is 6.62. The van der Waals surface area contributed by atoms with Crippen LogP contribution in [0.3, 0.4) is 0 Å². The summed E-state index contributed by atoms with van der Waals surface area (Å²) in [5, 5.41) is 12.4. The lowest BCUT2D eigenvalue weighted by Crippen LogP contribution is -2.44. The summed E-state index contributed by atoms with van der Waals surface area (Å²) in [6, 6.07) is -0.371. The van der Waals surface area contributed by atoms with Crippen LogP contribution in [0.4, 0.5) is 4.79 Å². The van der Waals surface area contributed by atoms with Gasteiger partial charge in [-0.15, -0.1) is 5.73 Å². The maximum absolute atomic E-state index is 11.6. The van der Waals surface area contributed by atoms with E-state index in [1.165, 1.54) is 6.08 Å². The summed E-state index contributed by atoms with van der Waals surface area (Å²) < 4.78 is 5.13. The summed E-state index contributed by atoms with van der Waals surface area (Å²) in [6.45, 7) is 10.8. The highest BCUT2D eigenvalue weighted by molar-refractivity contribution is 5.68. The van der Waals surface area contributed by atoms with Crippen LogP contribution in [-0.4, -0.2) is 28.9 Å². The van der Waals surface area contributed by atoms with Crippen LogP contribution in [0.15, 0.2) is 18.4 Å². The standard InChI is InChI=1S/C13H23NO3/c1-6-8-10(11(15)9-7-2)14-12(16)17-13(3,4)5/h9-11,15H,2,6,8H2,1,3-5H3,(H,14,16)/t10-,11-/m0/s1. The molecule has 17 heavy (non-hydrogen) atoms. The molecule has 1 amide bonds. The molecule has 0 aromatic rings. The van der Waals surface area contributed by atoms with Gasteiger partial charge in [-0.2, -0.15) is 0 Å². The van der Waals surface area contributed by atoms with Crippen LogP contribution in [-0.2, 0) is 4.74 Å². The van der Waals surface area contributed by atoms with Crippen molar-refractivity contribution in [1.29, 1.82) is 0 Å². The first kappa shape index (κ1) is 15.8. The predicted molar refractivity (Wildman–Crippen MR) is 67.8 cm³/mol. The van der Waals surface area contributed by atoms with E-state index in [-0.39, 0.29) is 6.04 Å². The normalized spacial score (nSPS) is 14.4. The molecule has 98 valence electrons. The molecule has 0 unspecified atom stereocenters. The summed E-state index contributed by atoms with van der Waals surface area (Å²) >= 11 is 0. The lowest BCUT2D eigenvalue weighted by molar-refractivity contribution is 0.0449. The first-order valence-electron chi connectivity index (χ1n) is 5.83. The molecule has 0 aromatic heterocycles. The van der Waals surface area contributed by atoms with Gasteiger partial charge in [-0.05, 0) is 33.3 Å². The van der Waals surface area contributed by atoms with Crippen LogP contribution < -0.4 is 5.32 Å². The summed E-state index contributed by atoms with van der Waals surface area (Å²) in [6.07, 6.45) is 1.63. The number of hydrogen-bond donors (Lipinski definition) is 2. The zero-order valence-electron chi connectivity index (χ0n) is 11.1. The Labute approximate surface area is 103 Å². The second-order valence-electron chi connectivity index (χ2n) is 4.90. The molecule has 0 saturated heterocycles. The molecule has 0 aliphatic carbocycles. The highest BCUT2D eigenvalue weighted by Gasteiger charge is 2.22. The van der Waals surface area contributed by atoms with Crippen molar-refractivity contribution >= 4 is 6.09 Å². The third-order valence-corrected chi connectivity index (χ3v) is 2.00. The van der Waals surface area contributed by atoms with Gasteiger partial charge >= 0.3 is 6.09 Å². The molecule has 0 spiro atoms. The average Bonchev–Trinajstić information content (AvgIpc) is 2.14. The molecule has 0 rings (SSSR count).